The zero-order chi connectivity index (χ0) is 22.0. The number of imidazole rings is 1. The van der Waals surface area contributed by atoms with Crippen molar-refractivity contribution < 1.29 is 4.74 Å². The number of thioether (sulfide) groups is 1. The van der Waals surface area contributed by atoms with Crippen LogP contribution in [0.15, 0.2) is 69.3 Å². The molecule has 0 unspecified atom stereocenters. The number of fused-ring (bicyclic) bond motifs is 1. The van der Waals surface area contributed by atoms with Gasteiger partial charge in [-0.25, -0.2) is 9.78 Å². The van der Waals surface area contributed by atoms with Crippen molar-refractivity contribution in [3.8, 4) is 5.75 Å². The van der Waals surface area contributed by atoms with Gasteiger partial charge in [0.2, 0.25) is 0 Å². The number of benzene rings is 2. The summed E-state index contributed by atoms with van der Waals surface area (Å²) in [6.07, 6.45) is 0.723. The molecule has 2 aromatic carbocycles. The Kier molecular flexibility index (Phi) is 5.99. The normalized spacial score (nSPS) is 11.2. The molecule has 0 saturated carbocycles. The Balaban J connectivity index is 1.73. The number of methoxy groups -OCH3 is 1. The molecule has 4 aromatic rings. The highest BCUT2D eigenvalue weighted by molar-refractivity contribution is 7.98. The summed E-state index contributed by atoms with van der Waals surface area (Å²) >= 11 is 1.56. The summed E-state index contributed by atoms with van der Waals surface area (Å²) in [6, 6.07) is 18.0. The minimum absolute atomic E-state index is 0.327. The first-order valence-corrected chi connectivity index (χ1v) is 10.9. The molecule has 0 fully saturated rings. The van der Waals surface area contributed by atoms with Crippen molar-refractivity contribution in [3.05, 3.63) is 86.6 Å². The molecule has 2 heterocycles. The van der Waals surface area contributed by atoms with E-state index >= 15 is 0 Å². The van der Waals surface area contributed by atoms with Crippen LogP contribution in [-0.4, -0.2) is 25.8 Å². The van der Waals surface area contributed by atoms with Crippen molar-refractivity contribution in [1.29, 1.82) is 0 Å². The van der Waals surface area contributed by atoms with Gasteiger partial charge in [0.1, 0.15) is 5.75 Å². The molecule has 0 spiro atoms. The fourth-order valence-corrected chi connectivity index (χ4v) is 4.48. The van der Waals surface area contributed by atoms with Crippen molar-refractivity contribution in [2.45, 2.75) is 23.9 Å². The number of aromatic nitrogens is 4. The molecule has 0 atom stereocenters. The lowest BCUT2D eigenvalue weighted by Gasteiger charge is -2.10. The molecular formula is C23H24N4O3S. The topological polar surface area (TPSA) is 71.1 Å². The molecule has 0 N–H and O–H groups in total. The standard InChI is InChI=1S/C23H24N4O3S/c1-25-20-19(21(28)26(2)23(25)29)27(14-13-16-9-11-18(30-3)12-10-16)22(24-20)31-15-17-7-5-4-6-8-17/h4-12H,13-15H2,1-3H3. The van der Waals surface area contributed by atoms with E-state index in [0.717, 1.165) is 33.2 Å². The second kappa shape index (κ2) is 8.85. The number of rotatable bonds is 7. The molecule has 0 bridgehead atoms. The summed E-state index contributed by atoms with van der Waals surface area (Å²) in [4.78, 5) is 30.1. The Labute approximate surface area is 183 Å². The Morgan fingerprint density at radius 3 is 2.32 bits per heavy atom. The lowest BCUT2D eigenvalue weighted by atomic mass is 10.1. The Bertz CT molecular complexity index is 1320. The number of hydrogen-bond acceptors (Lipinski definition) is 5. The summed E-state index contributed by atoms with van der Waals surface area (Å²) in [5, 5.41) is 0.727. The average Bonchev–Trinajstić information content (AvgIpc) is 3.18. The molecule has 0 aliphatic rings. The summed E-state index contributed by atoms with van der Waals surface area (Å²) in [5.74, 6) is 1.53. The molecule has 31 heavy (non-hydrogen) atoms. The molecule has 0 saturated heterocycles. The Hall–Kier alpha value is -3.26. The van der Waals surface area contributed by atoms with Crippen LogP contribution in [0.3, 0.4) is 0 Å². The van der Waals surface area contributed by atoms with Crippen LogP contribution in [0.4, 0.5) is 0 Å². The van der Waals surface area contributed by atoms with E-state index in [2.05, 4.69) is 17.1 Å². The largest absolute Gasteiger partial charge is 0.497 e. The van der Waals surface area contributed by atoms with Gasteiger partial charge in [-0.05, 0) is 29.7 Å². The quantitative estimate of drug-likeness (QED) is 0.417. The molecule has 0 aliphatic heterocycles. The molecule has 0 amide bonds. The second-order valence-corrected chi connectivity index (χ2v) is 8.24. The lowest BCUT2D eigenvalue weighted by Crippen LogP contribution is -2.37. The van der Waals surface area contributed by atoms with Gasteiger partial charge >= 0.3 is 5.69 Å². The predicted octanol–water partition coefficient (Wildman–Crippen LogP) is 2.98. The van der Waals surface area contributed by atoms with Crippen LogP contribution in [-0.2, 0) is 32.8 Å². The number of nitrogens with zero attached hydrogens (tertiary/aromatic N) is 4. The Morgan fingerprint density at radius 1 is 0.935 bits per heavy atom. The van der Waals surface area contributed by atoms with Crippen molar-refractivity contribution in [2.24, 2.45) is 14.1 Å². The maximum Gasteiger partial charge on any atom is 0.332 e. The first-order chi connectivity index (χ1) is 15.0. The first kappa shape index (κ1) is 21.0. The van der Waals surface area contributed by atoms with Gasteiger partial charge in [-0.2, -0.15) is 0 Å². The minimum atomic E-state index is -0.378. The molecule has 4 rings (SSSR count). The molecule has 160 valence electrons. The van der Waals surface area contributed by atoms with E-state index in [1.807, 2.05) is 47.0 Å². The van der Waals surface area contributed by atoms with Gasteiger partial charge in [-0.15, -0.1) is 0 Å². The lowest BCUT2D eigenvalue weighted by molar-refractivity contribution is 0.414. The van der Waals surface area contributed by atoms with E-state index in [1.54, 1.807) is 25.9 Å². The number of aryl methyl sites for hydroxylation is 3. The van der Waals surface area contributed by atoms with E-state index < -0.39 is 0 Å². The van der Waals surface area contributed by atoms with Gasteiger partial charge in [-0.3, -0.25) is 13.9 Å². The maximum atomic E-state index is 13.0. The van der Waals surface area contributed by atoms with Gasteiger partial charge in [0.25, 0.3) is 5.56 Å². The molecule has 2 aromatic heterocycles. The molecule has 0 radical (unpaired) electrons. The third-order valence-electron chi connectivity index (χ3n) is 5.31. The predicted molar refractivity (Wildman–Crippen MR) is 123 cm³/mol. The van der Waals surface area contributed by atoms with Crippen LogP contribution in [0.25, 0.3) is 11.2 Å². The highest BCUT2D eigenvalue weighted by Gasteiger charge is 2.19. The van der Waals surface area contributed by atoms with Crippen molar-refractivity contribution in [2.75, 3.05) is 7.11 Å². The van der Waals surface area contributed by atoms with Gasteiger partial charge in [0, 0.05) is 26.4 Å². The summed E-state index contributed by atoms with van der Waals surface area (Å²) in [6.45, 7) is 0.577. The Morgan fingerprint density at radius 2 is 1.65 bits per heavy atom. The number of hydrogen-bond donors (Lipinski definition) is 0. The summed E-state index contributed by atoms with van der Waals surface area (Å²) in [5.41, 5.74) is 2.46. The fraction of sp³-hybridized carbons (Fsp3) is 0.261. The second-order valence-electron chi connectivity index (χ2n) is 7.30. The van der Waals surface area contributed by atoms with Gasteiger partial charge in [-0.1, -0.05) is 54.2 Å². The van der Waals surface area contributed by atoms with Crippen molar-refractivity contribution in [3.63, 3.8) is 0 Å². The van der Waals surface area contributed by atoms with Crippen molar-refractivity contribution >= 4 is 22.9 Å². The highest BCUT2D eigenvalue weighted by atomic mass is 32.2. The zero-order valence-electron chi connectivity index (χ0n) is 17.7. The summed E-state index contributed by atoms with van der Waals surface area (Å²) < 4.78 is 9.74. The van der Waals surface area contributed by atoms with Crippen LogP contribution in [0.5, 0.6) is 5.75 Å². The molecule has 7 nitrogen and oxygen atoms in total. The molecule has 0 aliphatic carbocycles. The monoisotopic (exact) mass is 436 g/mol. The van der Waals surface area contributed by atoms with Crippen LogP contribution >= 0.6 is 11.8 Å². The smallest absolute Gasteiger partial charge is 0.332 e. The average molecular weight is 437 g/mol. The zero-order valence-corrected chi connectivity index (χ0v) is 18.6. The molecular weight excluding hydrogens is 412 g/mol. The van der Waals surface area contributed by atoms with Gasteiger partial charge in [0.15, 0.2) is 16.3 Å². The minimum Gasteiger partial charge on any atom is -0.497 e. The van der Waals surface area contributed by atoms with E-state index in [4.69, 9.17) is 4.74 Å². The van der Waals surface area contributed by atoms with Gasteiger partial charge < -0.3 is 9.30 Å². The first-order valence-electron chi connectivity index (χ1n) is 9.95. The van der Waals surface area contributed by atoms with E-state index in [-0.39, 0.29) is 11.2 Å². The molecule has 8 heteroatoms. The van der Waals surface area contributed by atoms with Crippen LogP contribution < -0.4 is 16.0 Å². The summed E-state index contributed by atoms with van der Waals surface area (Å²) in [7, 11) is 4.79. The number of ether oxygens (including phenoxy) is 1. The van der Waals surface area contributed by atoms with Gasteiger partial charge in [0.05, 0.1) is 7.11 Å². The third-order valence-corrected chi connectivity index (χ3v) is 6.35. The van der Waals surface area contributed by atoms with Crippen molar-refractivity contribution in [1.82, 2.24) is 18.7 Å². The van der Waals surface area contributed by atoms with E-state index in [0.29, 0.717) is 17.7 Å². The van der Waals surface area contributed by atoms with Crippen LogP contribution in [0.2, 0.25) is 0 Å². The third kappa shape index (κ3) is 4.16. The van der Waals surface area contributed by atoms with E-state index in [1.165, 1.54) is 17.2 Å². The maximum absolute atomic E-state index is 13.0. The SMILES string of the molecule is COc1ccc(CCn2c(SCc3ccccc3)nc3c2c(=O)n(C)c(=O)n3C)cc1. The van der Waals surface area contributed by atoms with Crippen LogP contribution in [0.1, 0.15) is 11.1 Å². The van der Waals surface area contributed by atoms with Crippen LogP contribution in [0, 0.1) is 0 Å². The fourth-order valence-electron chi connectivity index (χ4n) is 3.50. The highest BCUT2D eigenvalue weighted by Crippen LogP contribution is 2.25. The van der Waals surface area contributed by atoms with E-state index in [9.17, 15) is 9.59 Å².